The van der Waals surface area contributed by atoms with Crippen molar-refractivity contribution in [3.05, 3.63) is 69.6 Å². The molecule has 2 aromatic carbocycles. The average Bonchev–Trinajstić information content (AvgIpc) is 2.96. The quantitative estimate of drug-likeness (QED) is 0.297. The zero-order valence-corrected chi connectivity index (χ0v) is 19.1. The smallest absolute Gasteiger partial charge is 0.266 e. The number of carbonyl (C=O) groups is 2. The fourth-order valence-electron chi connectivity index (χ4n) is 3.03. The number of anilines is 1. The van der Waals surface area contributed by atoms with Gasteiger partial charge in [-0.3, -0.25) is 14.5 Å². The van der Waals surface area contributed by atoms with Crippen molar-refractivity contribution in [1.82, 2.24) is 4.90 Å². The van der Waals surface area contributed by atoms with Crippen molar-refractivity contribution in [1.29, 1.82) is 0 Å². The van der Waals surface area contributed by atoms with E-state index >= 15 is 0 Å². The van der Waals surface area contributed by atoms with Gasteiger partial charge in [0.25, 0.3) is 5.91 Å². The van der Waals surface area contributed by atoms with E-state index in [1.54, 1.807) is 23.1 Å². The van der Waals surface area contributed by atoms with Crippen LogP contribution in [0.4, 0.5) is 5.69 Å². The van der Waals surface area contributed by atoms with E-state index in [1.165, 1.54) is 17.3 Å². The molecule has 2 amide bonds. The van der Waals surface area contributed by atoms with Crippen LogP contribution in [0.25, 0.3) is 6.08 Å². The number of halogens is 1. The Morgan fingerprint density at radius 3 is 2.67 bits per heavy atom. The number of thiocarbonyl (C=S) groups is 1. The summed E-state index contributed by atoms with van der Waals surface area (Å²) < 4.78 is 0.595. The SMILES string of the molecule is Cc1ccc(C=C2SC(=S)N(CCCCCC(=O)Nc3cccc(Cl)c3)C2=O)cc1. The number of hydrogen-bond donors (Lipinski definition) is 1. The van der Waals surface area contributed by atoms with Gasteiger partial charge >= 0.3 is 0 Å². The number of nitrogens with zero attached hydrogens (tertiary/aromatic N) is 1. The second kappa shape index (κ2) is 10.8. The molecule has 1 N–H and O–H groups in total. The van der Waals surface area contributed by atoms with Crippen molar-refractivity contribution in [2.75, 3.05) is 11.9 Å². The first-order chi connectivity index (χ1) is 14.4. The zero-order chi connectivity index (χ0) is 21.5. The molecule has 1 heterocycles. The lowest BCUT2D eigenvalue weighted by atomic mass is 10.1. The molecule has 1 aliphatic rings. The molecule has 156 valence electrons. The van der Waals surface area contributed by atoms with Crippen LogP contribution in [0, 0.1) is 6.92 Å². The van der Waals surface area contributed by atoms with E-state index in [1.807, 2.05) is 43.3 Å². The van der Waals surface area contributed by atoms with E-state index in [0.717, 1.165) is 24.8 Å². The minimum Gasteiger partial charge on any atom is -0.326 e. The lowest BCUT2D eigenvalue weighted by Gasteiger charge is -2.14. The van der Waals surface area contributed by atoms with Gasteiger partial charge in [-0.2, -0.15) is 0 Å². The van der Waals surface area contributed by atoms with Crippen molar-refractivity contribution in [2.24, 2.45) is 0 Å². The van der Waals surface area contributed by atoms with Crippen LogP contribution in [0.1, 0.15) is 36.8 Å². The highest BCUT2D eigenvalue weighted by Crippen LogP contribution is 2.32. The third kappa shape index (κ3) is 6.42. The topological polar surface area (TPSA) is 49.4 Å². The molecule has 0 unspecified atom stereocenters. The van der Waals surface area contributed by atoms with Crippen molar-refractivity contribution < 1.29 is 9.59 Å². The molecule has 0 aliphatic carbocycles. The van der Waals surface area contributed by atoms with Gasteiger partial charge in [-0.05, 0) is 49.6 Å². The number of unbranched alkanes of at least 4 members (excludes halogenated alkanes) is 2. The average molecular weight is 459 g/mol. The minimum atomic E-state index is -0.0380. The summed E-state index contributed by atoms with van der Waals surface area (Å²) in [6.45, 7) is 2.61. The van der Waals surface area contributed by atoms with Gasteiger partial charge in [0, 0.05) is 23.7 Å². The predicted octanol–water partition coefficient (Wildman–Crippen LogP) is 6.05. The third-order valence-corrected chi connectivity index (χ3v) is 6.26. The molecule has 1 fully saturated rings. The van der Waals surface area contributed by atoms with E-state index in [4.69, 9.17) is 23.8 Å². The lowest BCUT2D eigenvalue weighted by Crippen LogP contribution is -2.29. The van der Waals surface area contributed by atoms with Gasteiger partial charge in [-0.15, -0.1) is 0 Å². The molecule has 0 aromatic heterocycles. The molecule has 3 rings (SSSR count). The number of amides is 2. The molecule has 0 radical (unpaired) electrons. The number of rotatable bonds is 8. The summed E-state index contributed by atoms with van der Waals surface area (Å²) in [5.41, 5.74) is 2.87. The van der Waals surface area contributed by atoms with E-state index in [0.29, 0.717) is 32.9 Å². The maximum absolute atomic E-state index is 12.7. The summed E-state index contributed by atoms with van der Waals surface area (Å²) in [6.07, 6.45) is 4.71. The standard InChI is InChI=1S/C23H23ClN2O2S2/c1-16-9-11-17(12-10-16)14-20-22(28)26(23(29)30-20)13-4-2-3-8-21(27)25-19-7-5-6-18(24)15-19/h5-7,9-12,14-15H,2-4,8,13H2,1H3,(H,25,27). The number of carbonyl (C=O) groups excluding carboxylic acids is 2. The zero-order valence-electron chi connectivity index (χ0n) is 16.7. The molecule has 2 aromatic rings. The molecule has 0 bridgehead atoms. The maximum atomic E-state index is 12.7. The summed E-state index contributed by atoms with van der Waals surface area (Å²) >= 11 is 12.7. The Morgan fingerprint density at radius 1 is 1.17 bits per heavy atom. The molecule has 0 saturated carbocycles. The van der Waals surface area contributed by atoms with E-state index in [9.17, 15) is 9.59 Å². The lowest BCUT2D eigenvalue weighted by molar-refractivity contribution is -0.122. The van der Waals surface area contributed by atoms with Crippen LogP contribution in [0.15, 0.2) is 53.4 Å². The second-order valence-corrected chi connectivity index (χ2v) is 9.23. The first kappa shape index (κ1) is 22.5. The Hall–Kier alpha value is -2.15. The monoisotopic (exact) mass is 458 g/mol. The fraction of sp³-hybridized carbons (Fsp3) is 0.261. The number of hydrogen-bond acceptors (Lipinski definition) is 4. The first-order valence-corrected chi connectivity index (χ1v) is 11.4. The molecule has 1 saturated heterocycles. The van der Waals surface area contributed by atoms with Crippen LogP contribution in [-0.4, -0.2) is 27.6 Å². The summed E-state index contributed by atoms with van der Waals surface area (Å²) in [4.78, 5) is 27.0. The molecule has 7 heteroatoms. The molecule has 0 atom stereocenters. The fourth-order valence-corrected chi connectivity index (χ4v) is 4.53. The highest BCUT2D eigenvalue weighted by Gasteiger charge is 2.31. The van der Waals surface area contributed by atoms with Gasteiger partial charge in [0.05, 0.1) is 4.91 Å². The van der Waals surface area contributed by atoms with Crippen LogP contribution in [-0.2, 0) is 9.59 Å². The van der Waals surface area contributed by atoms with Gasteiger partial charge < -0.3 is 5.32 Å². The van der Waals surface area contributed by atoms with Crippen LogP contribution in [0.5, 0.6) is 0 Å². The highest BCUT2D eigenvalue weighted by atomic mass is 35.5. The normalized spacial score (nSPS) is 15.1. The molecule has 30 heavy (non-hydrogen) atoms. The number of nitrogens with one attached hydrogen (secondary N) is 1. The third-order valence-electron chi connectivity index (χ3n) is 4.64. The second-order valence-electron chi connectivity index (χ2n) is 7.11. The van der Waals surface area contributed by atoms with E-state index in [2.05, 4.69) is 5.32 Å². The van der Waals surface area contributed by atoms with Gasteiger partial charge in [0.15, 0.2) is 0 Å². The van der Waals surface area contributed by atoms with Crippen molar-refractivity contribution in [3.63, 3.8) is 0 Å². The molecule has 4 nitrogen and oxygen atoms in total. The molecule has 1 aliphatic heterocycles. The summed E-state index contributed by atoms with van der Waals surface area (Å²) in [5, 5.41) is 3.43. The van der Waals surface area contributed by atoms with Crippen LogP contribution >= 0.6 is 35.6 Å². The van der Waals surface area contributed by atoms with Crippen LogP contribution < -0.4 is 5.32 Å². The molecule has 0 spiro atoms. The molecular formula is C23H23ClN2O2S2. The number of benzene rings is 2. The Labute approximate surface area is 191 Å². The van der Waals surface area contributed by atoms with E-state index in [-0.39, 0.29) is 11.8 Å². The Balaban J connectivity index is 1.41. The van der Waals surface area contributed by atoms with Gasteiger partial charge in [-0.25, -0.2) is 0 Å². The molecular weight excluding hydrogens is 436 g/mol. The van der Waals surface area contributed by atoms with Crippen LogP contribution in [0.2, 0.25) is 5.02 Å². The Morgan fingerprint density at radius 2 is 1.93 bits per heavy atom. The maximum Gasteiger partial charge on any atom is 0.266 e. The van der Waals surface area contributed by atoms with E-state index < -0.39 is 0 Å². The predicted molar refractivity (Wildman–Crippen MR) is 130 cm³/mol. The Kier molecular flexibility index (Phi) is 8.08. The van der Waals surface area contributed by atoms with Crippen molar-refractivity contribution in [2.45, 2.75) is 32.6 Å². The van der Waals surface area contributed by atoms with Gasteiger partial charge in [-0.1, -0.05) is 77.9 Å². The van der Waals surface area contributed by atoms with Crippen molar-refractivity contribution >= 4 is 63.5 Å². The highest BCUT2D eigenvalue weighted by molar-refractivity contribution is 8.26. The van der Waals surface area contributed by atoms with Crippen LogP contribution in [0.3, 0.4) is 0 Å². The minimum absolute atomic E-state index is 0.0377. The summed E-state index contributed by atoms with van der Waals surface area (Å²) in [5.74, 6) is -0.0758. The largest absolute Gasteiger partial charge is 0.326 e. The Bertz CT molecular complexity index is 973. The first-order valence-electron chi connectivity index (χ1n) is 9.80. The number of thioether (sulfide) groups is 1. The van der Waals surface area contributed by atoms with Gasteiger partial charge in [0.2, 0.25) is 5.91 Å². The van der Waals surface area contributed by atoms with Gasteiger partial charge in [0.1, 0.15) is 4.32 Å². The van der Waals surface area contributed by atoms with Crippen molar-refractivity contribution in [3.8, 4) is 0 Å². The summed E-state index contributed by atoms with van der Waals surface area (Å²) in [7, 11) is 0. The summed E-state index contributed by atoms with van der Waals surface area (Å²) in [6, 6.07) is 15.1. The number of aryl methyl sites for hydroxylation is 1.